The number of thiazole rings is 1. The first kappa shape index (κ1) is 21.5. The van der Waals surface area contributed by atoms with Crippen LogP contribution in [0, 0.1) is 13.8 Å². The van der Waals surface area contributed by atoms with Crippen molar-refractivity contribution in [1.29, 1.82) is 0 Å². The van der Waals surface area contributed by atoms with Crippen LogP contribution in [0.5, 0.6) is 5.75 Å². The van der Waals surface area contributed by atoms with E-state index in [1.807, 2.05) is 69.5 Å². The highest BCUT2D eigenvalue weighted by atomic mass is 32.2. The van der Waals surface area contributed by atoms with Crippen LogP contribution in [0.2, 0.25) is 0 Å². The summed E-state index contributed by atoms with van der Waals surface area (Å²) in [6, 6.07) is 14.6. The third-order valence-corrected chi connectivity index (χ3v) is 7.47. The third-order valence-electron chi connectivity index (χ3n) is 4.57. The molecule has 0 fully saturated rings. The van der Waals surface area contributed by atoms with Gasteiger partial charge in [-0.15, -0.1) is 11.3 Å². The molecule has 2 aromatic carbocycles. The molecule has 1 aromatic heterocycles. The Balaban J connectivity index is 1.73. The quantitative estimate of drug-likeness (QED) is 0.508. The Hall–Kier alpha value is -2.22. The van der Waals surface area contributed by atoms with Gasteiger partial charge in [-0.3, -0.25) is 0 Å². The maximum Gasteiger partial charge on any atom is 0.243 e. The van der Waals surface area contributed by atoms with Gasteiger partial charge in [0.05, 0.1) is 17.1 Å². The Morgan fingerprint density at radius 1 is 1.07 bits per heavy atom. The van der Waals surface area contributed by atoms with Crippen molar-refractivity contribution in [2.75, 3.05) is 0 Å². The van der Waals surface area contributed by atoms with Crippen LogP contribution < -0.4 is 4.74 Å². The fourth-order valence-corrected chi connectivity index (χ4v) is 5.20. The number of aryl methyl sites for hydroxylation is 2. The van der Waals surface area contributed by atoms with Gasteiger partial charge in [0.2, 0.25) is 10.0 Å². The molecule has 154 valence electrons. The SMILES string of the molecule is Cc1ccc(S(=O)(=O)N(Cc2csc(COc3ccccc3C)n2)C(C)C)cc1. The van der Waals surface area contributed by atoms with Crippen molar-refractivity contribution in [2.24, 2.45) is 0 Å². The second-order valence-electron chi connectivity index (χ2n) is 7.24. The first-order chi connectivity index (χ1) is 13.8. The number of hydrogen-bond donors (Lipinski definition) is 0. The second kappa shape index (κ2) is 9.07. The number of benzene rings is 2. The van der Waals surface area contributed by atoms with E-state index in [9.17, 15) is 8.42 Å². The lowest BCUT2D eigenvalue weighted by atomic mass is 10.2. The molecule has 0 aliphatic rings. The van der Waals surface area contributed by atoms with Gasteiger partial charge >= 0.3 is 0 Å². The van der Waals surface area contributed by atoms with E-state index >= 15 is 0 Å². The molecule has 0 atom stereocenters. The lowest BCUT2D eigenvalue weighted by molar-refractivity contribution is 0.302. The molecule has 3 rings (SSSR count). The number of ether oxygens (including phenoxy) is 1. The summed E-state index contributed by atoms with van der Waals surface area (Å²) in [5.74, 6) is 0.829. The highest BCUT2D eigenvalue weighted by molar-refractivity contribution is 7.89. The molecule has 3 aromatic rings. The first-order valence-electron chi connectivity index (χ1n) is 9.47. The van der Waals surface area contributed by atoms with Gasteiger partial charge in [0.1, 0.15) is 17.4 Å². The Morgan fingerprint density at radius 2 is 1.76 bits per heavy atom. The molecule has 0 aliphatic carbocycles. The van der Waals surface area contributed by atoms with E-state index in [0.29, 0.717) is 11.5 Å². The van der Waals surface area contributed by atoms with Crippen LogP contribution >= 0.6 is 11.3 Å². The van der Waals surface area contributed by atoms with E-state index in [1.54, 1.807) is 12.1 Å². The van der Waals surface area contributed by atoms with Gasteiger partial charge in [0, 0.05) is 11.4 Å². The highest BCUT2D eigenvalue weighted by Gasteiger charge is 2.27. The molecule has 0 spiro atoms. The summed E-state index contributed by atoms with van der Waals surface area (Å²) in [5.41, 5.74) is 2.82. The lowest BCUT2D eigenvalue weighted by Crippen LogP contribution is -2.36. The van der Waals surface area contributed by atoms with Crippen LogP contribution in [0.1, 0.15) is 35.7 Å². The molecule has 0 bridgehead atoms. The number of aromatic nitrogens is 1. The van der Waals surface area contributed by atoms with Crippen molar-refractivity contribution >= 4 is 21.4 Å². The largest absolute Gasteiger partial charge is 0.486 e. The Bertz CT molecular complexity index is 1060. The normalized spacial score (nSPS) is 11.9. The number of rotatable bonds is 8. The average molecular weight is 431 g/mol. The average Bonchev–Trinajstić information content (AvgIpc) is 3.13. The number of hydrogen-bond acceptors (Lipinski definition) is 5. The van der Waals surface area contributed by atoms with Crippen molar-refractivity contribution in [2.45, 2.75) is 51.8 Å². The smallest absolute Gasteiger partial charge is 0.243 e. The maximum absolute atomic E-state index is 13.1. The van der Waals surface area contributed by atoms with Gasteiger partial charge in [0.15, 0.2) is 0 Å². The summed E-state index contributed by atoms with van der Waals surface area (Å²) in [4.78, 5) is 4.89. The van der Waals surface area contributed by atoms with Crippen molar-refractivity contribution in [3.63, 3.8) is 0 Å². The maximum atomic E-state index is 13.1. The summed E-state index contributed by atoms with van der Waals surface area (Å²) in [6.45, 7) is 8.28. The van der Waals surface area contributed by atoms with Gasteiger partial charge in [-0.05, 0) is 51.5 Å². The monoisotopic (exact) mass is 430 g/mol. The molecule has 1 heterocycles. The van der Waals surface area contributed by atoms with E-state index < -0.39 is 10.0 Å². The van der Waals surface area contributed by atoms with E-state index in [0.717, 1.165) is 27.6 Å². The van der Waals surface area contributed by atoms with Gasteiger partial charge in [-0.25, -0.2) is 13.4 Å². The Kier molecular flexibility index (Phi) is 6.72. The predicted octanol–water partition coefficient (Wildman–Crippen LogP) is 4.94. The first-order valence-corrected chi connectivity index (χ1v) is 11.8. The molecule has 29 heavy (non-hydrogen) atoms. The van der Waals surface area contributed by atoms with Crippen molar-refractivity contribution in [1.82, 2.24) is 9.29 Å². The fourth-order valence-electron chi connectivity index (χ4n) is 2.90. The molecule has 0 N–H and O–H groups in total. The molecule has 0 amide bonds. The highest BCUT2D eigenvalue weighted by Crippen LogP contribution is 2.23. The van der Waals surface area contributed by atoms with Crippen LogP contribution in [0.4, 0.5) is 0 Å². The second-order valence-corrected chi connectivity index (χ2v) is 10.1. The predicted molar refractivity (Wildman–Crippen MR) is 117 cm³/mol. The Morgan fingerprint density at radius 3 is 2.41 bits per heavy atom. The van der Waals surface area contributed by atoms with E-state index in [1.165, 1.54) is 15.6 Å². The zero-order valence-corrected chi connectivity index (χ0v) is 18.8. The third kappa shape index (κ3) is 5.23. The fraction of sp³-hybridized carbons (Fsp3) is 0.318. The van der Waals surface area contributed by atoms with Crippen LogP contribution in [0.25, 0.3) is 0 Å². The molecule has 0 radical (unpaired) electrons. The molecule has 0 unspecified atom stereocenters. The van der Waals surface area contributed by atoms with Gasteiger partial charge in [0.25, 0.3) is 0 Å². The number of sulfonamides is 1. The number of para-hydroxylation sites is 1. The van der Waals surface area contributed by atoms with Crippen LogP contribution in [-0.2, 0) is 23.2 Å². The lowest BCUT2D eigenvalue weighted by Gasteiger charge is -2.25. The molecule has 0 saturated heterocycles. The summed E-state index contributed by atoms with van der Waals surface area (Å²) in [7, 11) is -3.60. The van der Waals surface area contributed by atoms with Crippen molar-refractivity contribution in [3.05, 3.63) is 75.7 Å². The van der Waals surface area contributed by atoms with Crippen LogP contribution in [0.15, 0.2) is 58.8 Å². The summed E-state index contributed by atoms with van der Waals surface area (Å²) >= 11 is 1.48. The Labute approximate surface area is 177 Å². The summed E-state index contributed by atoms with van der Waals surface area (Å²) < 4.78 is 33.6. The molecule has 7 heteroatoms. The van der Waals surface area contributed by atoms with E-state index in [4.69, 9.17) is 4.74 Å². The van der Waals surface area contributed by atoms with Gasteiger partial charge in [-0.1, -0.05) is 35.9 Å². The van der Waals surface area contributed by atoms with E-state index in [-0.39, 0.29) is 12.6 Å². The topological polar surface area (TPSA) is 59.5 Å². The summed E-state index contributed by atoms with van der Waals surface area (Å²) in [5, 5.41) is 2.72. The minimum Gasteiger partial charge on any atom is -0.486 e. The molecule has 5 nitrogen and oxygen atoms in total. The molecular formula is C22H26N2O3S2. The minimum absolute atomic E-state index is 0.185. The van der Waals surface area contributed by atoms with Crippen LogP contribution in [-0.4, -0.2) is 23.7 Å². The van der Waals surface area contributed by atoms with Crippen molar-refractivity contribution in [3.8, 4) is 5.75 Å². The van der Waals surface area contributed by atoms with Gasteiger partial charge < -0.3 is 4.74 Å². The molecule has 0 saturated carbocycles. The van der Waals surface area contributed by atoms with Crippen LogP contribution in [0.3, 0.4) is 0 Å². The number of nitrogens with zero attached hydrogens (tertiary/aromatic N) is 2. The molecular weight excluding hydrogens is 404 g/mol. The van der Waals surface area contributed by atoms with Gasteiger partial charge in [-0.2, -0.15) is 4.31 Å². The molecule has 0 aliphatic heterocycles. The zero-order valence-electron chi connectivity index (χ0n) is 17.1. The minimum atomic E-state index is -3.60. The van der Waals surface area contributed by atoms with Crippen molar-refractivity contribution < 1.29 is 13.2 Å². The standard InChI is InChI=1S/C22H26N2O3S2/c1-16(2)24(29(25,26)20-11-9-17(3)10-12-20)13-19-15-28-22(23-19)14-27-21-8-6-5-7-18(21)4/h5-12,15-16H,13-14H2,1-4H3. The summed E-state index contributed by atoms with van der Waals surface area (Å²) in [6.07, 6.45) is 0. The zero-order chi connectivity index (χ0) is 21.0. The van der Waals surface area contributed by atoms with E-state index in [2.05, 4.69) is 4.98 Å².